The van der Waals surface area contributed by atoms with Crippen LogP contribution in [0.4, 0.5) is 0 Å². The van der Waals surface area contributed by atoms with Crippen LogP contribution in [0.25, 0.3) is 0 Å². The highest BCUT2D eigenvalue weighted by Crippen LogP contribution is 2.32. The summed E-state index contributed by atoms with van der Waals surface area (Å²) >= 11 is 7.95. The number of carbonyl (C=O) groups is 1. The normalized spacial score (nSPS) is 15.1. The smallest absolute Gasteiger partial charge is 0.170 e. The van der Waals surface area contributed by atoms with Crippen molar-refractivity contribution in [2.75, 3.05) is 6.61 Å². The molecule has 0 aromatic heterocycles. The van der Waals surface area contributed by atoms with E-state index in [4.69, 9.17) is 16.3 Å². The number of benzene rings is 1. The molecule has 1 aliphatic rings. The maximum absolute atomic E-state index is 11.4. The summed E-state index contributed by atoms with van der Waals surface area (Å²) in [5.74, 6) is 0.794. The molecule has 0 atom stereocenters. The van der Waals surface area contributed by atoms with Crippen LogP contribution in [-0.2, 0) is 0 Å². The molecular weight excluding hydrogens is 302 g/mol. The maximum atomic E-state index is 11.4. The van der Waals surface area contributed by atoms with Gasteiger partial charge in [-0.3, -0.25) is 4.79 Å². The quantitative estimate of drug-likeness (QED) is 0.689. The minimum atomic E-state index is 0.113. The van der Waals surface area contributed by atoms with Crippen molar-refractivity contribution in [1.29, 1.82) is 0 Å². The minimum absolute atomic E-state index is 0.113. The van der Waals surface area contributed by atoms with E-state index in [0.29, 0.717) is 29.4 Å². The van der Waals surface area contributed by atoms with Gasteiger partial charge < -0.3 is 4.74 Å². The van der Waals surface area contributed by atoms with Gasteiger partial charge in [0.2, 0.25) is 0 Å². The molecule has 1 heterocycles. The summed E-state index contributed by atoms with van der Waals surface area (Å²) in [5, 5.41) is 0.585. The van der Waals surface area contributed by atoms with E-state index in [1.165, 1.54) is 0 Å². The van der Waals surface area contributed by atoms with Crippen LogP contribution in [0.5, 0.6) is 5.75 Å². The van der Waals surface area contributed by atoms with E-state index < -0.39 is 0 Å². The number of halogens is 2. The Morgan fingerprint density at radius 3 is 3.00 bits per heavy atom. The van der Waals surface area contributed by atoms with Gasteiger partial charge in [-0.1, -0.05) is 11.6 Å². The number of Topliss-reactive ketones (excluding diaryl/α,β-unsaturated/α-hetero) is 1. The molecule has 4 heteroatoms. The molecule has 0 spiro atoms. The third-order valence-corrected chi connectivity index (χ3v) is 2.90. The Labute approximate surface area is 94.4 Å². The third-order valence-electron chi connectivity index (χ3n) is 1.88. The lowest BCUT2D eigenvalue weighted by atomic mass is 10.1. The van der Waals surface area contributed by atoms with Gasteiger partial charge >= 0.3 is 0 Å². The van der Waals surface area contributed by atoms with Crippen molar-refractivity contribution in [3.8, 4) is 5.75 Å². The van der Waals surface area contributed by atoms with E-state index >= 15 is 0 Å². The summed E-state index contributed by atoms with van der Waals surface area (Å²) in [6, 6.07) is 3.46. The molecule has 0 unspecified atom stereocenters. The van der Waals surface area contributed by atoms with Crippen molar-refractivity contribution in [2.24, 2.45) is 0 Å². The predicted octanol–water partition coefficient (Wildman–Crippen LogP) is 2.91. The average molecular weight is 309 g/mol. The molecule has 0 fully saturated rings. The zero-order chi connectivity index (χ0) is 9.42. The Kier molecular flexibility index (Phi) is 2.47. The predicted molar refractivity (Wildman–Crippen MR) is 58.6 cm³/mol. The topological polar surface area (TPSA) is 26.3 Å². The van der Waals surface area contributed by atoms with Crippen LogP contribution in [0.2, 0.25) is 5.02 Å². The number of hydrogen-bond acceptors (Lipinski definition) is 2. The molecule has 0 saturated carbocycles. The lowest BCUT2D eigenvalue weighted by Crippen LogP contribution is -2.16. The first-order valence-electron chi connectivity index (χ1n) is 3.83. The van der Waals surface area contributed by atoms with Gasteiger partial charge in [0.25, 0.3) is 0 Å². The van der Waals surface area contributed by atoms with Crippen LogP contribution in [0.3, 0.4) is 0 Å². The molecule has 2 nitrogen and oxygen atoms in total. The SMILES string of the molecule is O=C1CCOc2c(I)cc(Cl)cc21. The molecule has 1 aromatic rings. The van der Waals surface area contributed by atoms with Crippen molar-refractivity contribution in [3.63, 3.8) is 0 Å². The first kappa shape index (κ1) is 9.27. The molecule has 0 radical (unpaired) electrons. The van der Waals surface area contributed by atoms with E-state index in [0.717, 1.165) is 3.57 Å². The van der Waals surface area contributed by atoms with E-state index in [2.05, 4.69) is 22.6 Å². The standard InChI is InChI=1S/C9H6ClIO2/c10-5-3-6-8(12)1-2-13-9(6)7(11)4-5/h3-4H,1-2H2. The molecule has 1 aromatic carbocycles. The highest BCUT2D eigenvalue weighted by atomic mass is 127. The van der Waals surface area contributed by atoms with E-state index in [9.17, 15) is 4.79 Å². The summed E-state index contributed by atoms with van der Waals surface area (Å²) in [6.45, 7) is 0.476. The first-order valence-corrected chi connectivity index (χ1v) is 5.29. The number of rotatable bonds is 0. The fourth-order valence-electron chi connectivity index (χ4n) is 1.29. The van der Waals surface area contributed by atoms with Crippen LogP contribution in [0.15, 0.2) is 12.1 Å². The number of ether oxygens (including phenoxy) is 1. The van der Waals surface area contributed by atoms with Crippen molar-refractivity contribution >= 4 is 40.0 Å². The number of hydrogen-bond donors (Lipinski definition) is 0. The van der Waals surface area contributed by atoms with Crippen molar-refractivity contribution in [3.05, 3.63) is 26.3 Å². The van der Waals surface area contributed by atoms with E-state index in [1.54, 1.807) is 12.1 Å². The molecular formula is C9H6ClIO2. The van der Waals surface area contributed by atoms with Crippen LogP contribution in [0.1, 0.15) is 16.8 Å². The van der Waals surface area contributed by atoms with Crippen molar-refractivity contribution < 1.29 is 9.53 Å². The van der Waals surface area contributed by atoms with Gasteiger partial charge in [-0.05, 0) is 34.7 Å². The Hall–Kier alpha value is -0.290. The Morgan fingerprint density at radius 2 is 2.23 bits per heavy atom. The third kappa shape index (κ3) is 1.67. The lowest BCUT2D eigenvalue weighted by molar-refractivity contribution is 0.0933. The van der Waals surface area contributed by atoms with Crippen molar-refractivity contribution in [2.45, 2.75) is 6.42 Å². The lowest BCUT2D eigenvalue weighted by Gasteiger charge is -2.17. The number of ketones is 1. The molecule has 0 aliphatic carbocycles. The van der Waals surface area contributed by atoms with Crippen LogP contribution < -0.4 is 4.74 Å². The van der Waals surface area contributed by atoms with E-state index in [-0.39, 0.29) is 5.78 Å². The van der Waals surface area contributed by atoms with Gasteiger partial charge in [0.1, 0.15) is 5.75 Å². The van der Waals surface area contributed by atoms with Gasteiger partial charge in [-0.25, -0.2) is 0 Å². The second kappa shape index (κ2) is 3.46. The monoisotopic (exact) mass is 308 g/mol. The second-order valence-electron chi connectivity index (χ2n) is 2.79. The fraction of sp³-hybridized carbons (Fsp3) is 0.222. The van der Waals surface area contributed by atoms with Gasteiger partial charge in [0.05, 0.1) is 15.7 Å². The minimum Gasteiger partial charge on any atom is -0.491 e. The molecule has 13 heavy (non-hydrogen) atoms. The molecule has 0 bridgehead atoms. The van der Waals surface area contributed by atoms with Gasteiger partial charge in [-0.15, -0.1) is 0 Å². The summed E-state index contributed by atoms with van der Waals surface area (Å²) in [5.41, 5.74) is 0.614. The highest BCUT2D eigenvalue weighted by Gasteiger charge is 2.21. The summed E-state index contributed by atoms with van der Waals surface area (Å²) < 4.78 is 6.29. The molecule has 1 aliphatic heterocycles. The van der Waals surface area contributed by atoms with E-state index in [1.807, 2.05) is 0 Å². The fourth-order valence-corrected chi connectivity index (χ4v) is 2.48. The first-order chi connectivity index (χ1) is 6.18. The van der Waals surface area contributed by atoms with Gasteiger partial charge in [0.15, 0.2) is 5.78 Å². The molecule has 0 saturated heterocycles. The van der Waals surface area contributed by atoms with Crippen molar-refractivity contribution in [1.82, 2.24) is 0 Å². The highest BCUT2D eigenvalue weighted by molar-refractivity contribution is 14.1. The second-order valence-corrected chi connectivity index (χ2v) is 4.38. The zero-order valence-electron chi connectivity index (χ0n) is 6.64. The largest absolute Gasteiger partial charge is 0.491 e. The molecule has 0 N–H and O–H groups in total. The maximum Gasteiger partial charge on any atom is 0.170 e. The Bertz CT molecular complexity index is 376. The Morgan fingerprint density at radius 1 is 1.46 bits per heavy atom. The average Bonchev–Trinajstić information content (AvgIpc) is 2.07. The summed E-state index contributed by atoms with van der Waals surface area (Å²) in [4.78, 5) is 11.4. The Balaban J connectivity index is 2.63. The van der Waals surface area contributed by atoms with Gasteiger partial charge in [0, 0.05) is 11.4 Å². The van der Waals surface area contributed by atoms with Crippen LogP contribution in [0, 0.1) is 3.57 Å². The van der Waals surface area contributed by atoms with Crippen LogP contribution in [-0.4, -0.2) is 12.4 Å². The zero-order valence-corrected chi connectivity index (χ0v) is 9.55. The number of fused-ring (bicyclic) bond motifs is 1. The van der Waals surface area contributed by atoms with Gasteiger partial charge in [-0.2, -0.15) is 0 Å². The molecule has 68 valence electrons. The van der Waals surface area contributed by atoms with Crippen LogP contribution >= 0.6 is 34.2 Å². The summed E-state index contributed by atoms with van der Waals surface area (Å²) in [6.07, 6.45) is 0.448. The molecule has 0 amide bonds. The summed E-state index contributed by atoms with van der Waals surface area (Å²) in [7, 11) is 0. The number of carbonyl (C=O) groups excluding carboxylic acids is 1. The molecule has 2 rings (SSSR count).